The van der Waals surface area contributed by atoms with Crippen LogP contribution in [-0.4, -0.2) is 32.7 Å². The lowest BCUT2D eigenvalue weighted by Crippen LogP contribution is -2.20. The molecular weight excluding hydrogens is 330 g/mol. The Morgan fingerprint density at radius 3 is 2.77 bits per heavy atom. The second-order valence-electron chi connectivity index (χ2n) is 6.41. The lowest BCUT2D eigenvalue weighted by Gasteiger charge is -2.09. The number of benzene rings is 2. The number of carbonyl (C=O) groups is 1. The fraction of sp³-hybridized carbons (Fsp3) is 0.263. The summed E-state index contributed by atoms with van der Waals surface area (Å²) in [6.45, 7) is 1.94. The molecule has 1 aliphatic rings. The molecule has 2 aromatic carbocycles. The maximum Gasteiger partial charge on any atom is 0.262 e. The molecule has 1 amide bonds. The Balaban J connectivity index is 1.36. The standard InChI is InChI=1S/C19H19N5O2/c1-13-3-2-4-17(11-13)26-12-18(25)20-15-7-5-14(6-8-15)19-21-22-23-24(19)16-9-10-16/h2-8,11,16H,9-10,12H2,1H3,(H,20,25). The molecule has 1 aromatic heterocycles. The predicted molar refractivity (Wildman–Crippen MR) is 96.8 cm³/mol. The number of hydrogen-bond donors (Lipinski definition) is 1. The van der Waals surface area contributed by atoms with Gasteiger partial charge in [-0.2, -0.15) is 0 Å². The molecule has 26 heavy (non-hydrogen) atoms. The zero-order valence-electron chi connectivity index (χ0n) is 14.4. The second-order valence-corrected chi connectivity index (χ2v) is 6.41. The van der Waals surface area contributed by atoms with Crippen LogP contribution in [0, 0.1) is 6.92 Å². The normalized spacial score (nSPS) is 13.4. The zero-order chi connectivity index (χ0) is 17.9. The SMILES string of the molecule is Cc1cccc(OCC(=O)Nc2ccc(-c3nnnn3C3CC3)cc2)c1. The van der Waals surface area contributed by atoms with Crippen LogP contribution in [0.25, 0.3) is 11.4 Å². The molecular formula is C19H19N5O2. The summed E-state index contributed by atoms with van der Waals surface area (Å²) < 4.78 is 7.37. The number of nitrogens with zero attached hydrogens (tertiary/aromatic N) is 4. The summed E-state index contributed by atoms with van der Waals surface area (Å²) in [6, 6.07) is 15.5. The van der Waals surface area contributed by atoms with Gasteiger partial charge >= 0.3 is 0 Å². The highest BCUT2D eigenvalue weighted by molar-refractivity contribution is 5.92. The lowest BCUT2D eigenvalue weighted by atomic mass is 10.2. The van der Waals surface area contributed by atoms with E-state index in [9.17, 15) is 4.79 Å². The number of hydrogen-bond acceptors (Lipinski definition) is 5. The van der Waals surface area contributed by atoms with Gasteiger partial charge in [-0.05, 0) is 72.2 Å². The van der Waals surface area contributed by atoms with E-state index in [0.717, 1.165) is 29.8 Å². The van der Waals surface area contributed by atoms with Crippen LogP contribution in [0.5, 0.6) is 5.75 Å². The van der Waals surface area contributed by atoms with Gasteiger partial charge in [0.25, 0.3) is 5.91 Å². The van der Waals surface area contributed by atoms with Gasteiger partial charge in [-0.15, -0.1) is 5.10 Å². The van der Waals surface area contributed by atoms with E-state index in [4.69, 9.17) is 4.74 Å². The maximum absolute atomic E-state index is 12.1. The molecule has 0 spiro atoms. The highest BCUT2D eigenvalue weighted by Crippen LogP contribution is 2.36. The van der Waals surface area contributed by atoms with Crippen LogP contribution in [0.1, 0.15) is 24.4 Å². The minimum atomic E-state index is -0.206. The van der Waals surface area contributed by atoms with E-state index in [1.807, 2.05) is 60.1 Å². The van der Waals surface area contributed by atoms with Crippen LogP contribution in [-0.2, 0) is 4.79 Å². The van der Waals surface area contributed by atoms with Crippen molar-refractivity contribution in [1.29, 1.82) is 0 Å². The minimum Gasteiger partial charge on any atom is -0.484 e. The lowest BCUT2D eigenvalue weighted by molar-refractivity contribution is -0.118. The van der Waals surface area contributed by atoms with Gasteiger partial charge in [0.2, 0.25) is 0 Å². The minimum absolute atomic E-state index is 0.0366. The number of rotatable bonds is 6. The molecule has 0 saturated heterocycles. The van der Waals surface area contributed by atoms with E-state index >= 15 is 0 Å². The van der Waals surface area contributed by atoms with Crippen molar-refractivity contribution in [3.63, 3.8) is 0 Å². The molecule has 7 heteroatoms. The van der Waals surface area contributed by atoms with E-state index in [1.165, 1.54) is 0 Å². The van der Waals surface area contributed by atoms with Gasteiger partial charge in [-0.25, -0.2) is 4.68 Å². The number of aryl methyl sites for hydroxylation is 1. The second kappa shape index (κ2) is 6.95. The van der Waals surface area contributed by atoms with Gasteiger partial charge in [0.1, 0.15) is 5.75 Å². The Labute approximate surface area is 151 Å². The first-order valence-electron chi connectivity index (χ1n) is 8.57. The third-order valence-electron chi connectivity index (χ3n) is 4.17. The third-order valence-corrected chi connectivity index (χ3v) is 4.17. The van der Waals surface area contributed by atoms with Crippen molar-refractivity contribution in [3.05, 3.63) is 54.1 Å². The topological polar surface area (TPSA) is 81.9 Å². The Kier molecular flexibility index (Phi) is 4.35. The zero-order valence-corrected chi connectivity index (χ0v) is 14.4. The highest BCUT2D eigenvalue weighted by atomic mass is 16.5. The number of aromatic nitrogens is 4. The van der Waals surface area contributed by atoms with E-state index in [0.29, 0.717) is 17.5 Å². The molecule has 0 radical (unpaired) electrons. The molecule has 132 valence electrons. The van der Waals surface area contributed by atoms with Gasteiger partial charge in [0, 0.05) is 11.3 Å². The molecule has 1 fully saturated rings. The number of tetrazole rings is 1. The Morgan fingerprint density at radius 2 is 2.04 bits per heavy atom. The van der Waals surface area contributed by atoms with Crippen LogP contribution in [0.4, 0.5) is 5.69 Å². The number of amides is 1. The Morgan fingerprint density at radius 1 is 1.23 bits per heavy atom. The van der Waals surface area contributed by atoms with E-state index in [1.54, 1.807) is 0 Å². The van der Waals surface area contributed by atoms with Crippen molar-refractivity contribution in [1.82, 2.24) is 20.2 Å². The molecule has 1 saturated carbocycles. The molecule has 1 N–H and O–H groups in total. The van der Waals surface area contributed by atoms with Crippen molar-refractivity contribution in [2.24, 2.45) is 0 Å². The van der Waals surface area contributed by atoms with Crippen LogP contribution in [0.3, 0.4) is 0 Å². The van der Waals surface area contributed by atoms with Crippen LogP contribution >= 0.6 is 0 Å². The molecule has 0 unspecified atom stereocenters. The Hall–Kier alpha value is -3.22. The third kappa shape index (κ3) is 3.72. The number of carbonyl (C=O) groups excluding carboxylic acids is 1. The Bertz CT molecular complexity index is 916. The summed E-state index contributed by atoms with van der Waals surface area (Å²) in [5.74, 6) is 1.23. The summed E-state index contributed by atoms with van der Waals surface area (Å²) in [7, 11) is 0. The first kappa shape index (κ1) is 16.3. The fourth-order valence-corrected chi connectivity index (χ4v) is 2.70. The molecule has 1 aliphatic carbocycles. The molecule has 1 heterocycles. The van der Waals surface area contributed by atoms with Crippen molar-refractivity contribution in [3.8, 4) is 17.1 Å². The van der Waals surface area contributed by atoms with E-state index in [2.05, 4.69) is 20.8 Å². The summed E-state index contributed by atoms with van der Waals surface area (Å²) in [5.41, 5.74) is 2.72. The van der Waals surface area contributed by atoms with Crippen LogP contribution in [0.2, 0.25) is 0 Å². The number of nitrogens with one attached hydrogen (secondary N) is 1. The van der Waals surface area contributed by atoms with Crippen molar-refractivity contribution in [2.75, 3.05) is 11.9 Å². The molecule has 7 nitrogen and oxygen atoms in total. The molecule has 0 aliphatic heterocycles. The van der Waals surface area contributed by atoms with Crippen molar-refractivity contribution in [2.45, 2.75) is 25.8 Å². The smallest absolute Gasteiger partial charge is 0.262 e. The van der Waals surface area contributed by atoms with Gasteiger partial charge in [-0.1, -0.05) is 12.1 Å². The van der Waals surface area contributed by atoms with E-state index < -0.39 is 0 Å². The van der Waals surface area contributed by atoms with Crippen molar-refractivity contribution < 1.29 is 9.53 Å². The number of ether oxygens (including phenoxy) is 1. The molecule has 0 atom stereocenters. The van der Waals surface area contributed by atoms with Crippen molar-refractivity contribution >= 4 is 11.6 Å². The van der Waals surface area contributed by atoms with Crippen LogP contribution < -0.4 is 10.1 Å². The molecule has 3 aromatic rings. The molecule has 0 bridgehead atoms. The fourth-order valence-electron chi connectivity index (χ4n) is 2.70. The quantitative estimate of drug-likeness (QED) is 0.740. The van der Waals surface area contributed by atoms with Gasteiger partial charge in [-0.3, -0.25) is 4.79 Å². The first-order chi connectivity index (χ1) is 12.7. The van der Waals surface area contributed by atoms with Gasteiger partial charge in [0.15, 0.2) is 12.4 Å². The maximum atomic E-state index is 12.1. The van der Waals surface area contributed by atoms with Crippen LogP contribution in [0.15, 0.2) is 48.5 Å². The average Bonchev–Trinajstić information content (AvgIpc) is 3.38. The molecule has 4 rings (SSSR count). The largest absolute Gasteiger partial charge is 0.484 e. The van der Waals surface area contributed by atoms with E-state index in [-0.39, 0.29) is 12.5 Å². The monoisotopic (exact) mass is 349 g/mol. The average molecular weight is 349 g/mol. The number of anilines is 1. The summed E-state index contributed by atoms with van der Waals surface area (Å²) in [5, 5.41) is 14.8. The first-order valence-corrected chi connectivity index (χ1v) is 8.57. The predicted octanol–water partition coefficient (Wildman–Crippen LogP) is 3.00. The summed E-state index contributed by atoms with van der Waals surface area (Å²) in [6.07, 6.45) is 2.24. The highest BCUT2D eigenvalue weighted by Gasteiger charge is 2.28. The summed E-state index contributed by atoms with van der Waals surface area (Å²) in [4.78, 5) is 12.1. The summed E-state index contributed by atoms with van der Waals surface area (Å²) >= 11 is 0. The van der Waals surface area contributed by atoms with Gasteiger partial charge in [0.05, 0.1) is 6.04 Å². The van der Waals surface area contributed by atoms with Gasteiger partial charge < -0.3 is 10.1 Å².